The number of likely N-dealkylation sites (N-methyl/N-ethyl adjacent to an activating group) is 1. The number of hydrogen-bond donors (Lipinski definition) is 0. The van der Waals surface area contributed by atoms with Crippen LogP contribution in [0.2, 0.25) is 0 Å². The van der Waals surface area contributed by atoms with Gasteiger partial charge in [-0.2, -0.15) is 0 Å². The lowest BCUT2D eigenvalue weighted by Gasteiger charge is -2.02. The zero-order chi connectivity index (χ0) is 5.28. The molecule has 1 aliphatic rings. The predicted molar refractivity (Wildman–Crippen MR) is 26.9 cm³/mol. The molecule has 2 heteroatoms. The minimum Gasteiger partial charge on any atom is -0.413 e. The summed E-state index contributed by atoms with van der Waals surface area (Å²) in [6.45, 7) is 3.91. The Kier molecular flexibility index (Phi) is 1.02. The van der Waals surface area contributed by atoms with Crippen molar-refractivity contribution < 1.29 is 4.84 Å². The van der Waals surface area contributed by atoms with Gasteiger partial charge in [0.25, 0.3) is 0 Å². The molecule has 1 heterocycles. The summed E-state index contributed by atoms with van der Waals surface area (Å²) in [6, 6.07) is 0. The number of rotatable bonds is 0. The van der Waals surface area contributed by atoms with Gasteiger partial charge in [-0.15, -0.1) is 5.06 Å². The molecule has 0 atom stereocenters. The summed E-state index contributed by atoms with van der Waals surface area (Å²) >= 11 is 0. The van der Waals surface area contributed by atoms with Gasteiger partial charge in [-0.05, 0) is 12.5 Å². The summed E-state index contributed by atoms with van der Waals surface area (Å²) in [6.07, 6.45) is 1.71. The average Bonchev–Trinajstić information content (AvgIpc) is 1.87. The third-order valence-corrected chi connectivity index (χ3v) is 0.790. The van der Waals surface area contributed by atoms with Crippen molar-refractivity contribution in [1.82, 2.24) is 5.06 Å². The standard InChI is InChI=1S/C5H8NO/c1-5-3-6(2)7-4-5/h3-4H,1-2H3. The van der Waals surface area contributed by atoms with Gasteiger partial charge < -0.3 is 4.84 Å². The van der Waals surface area contributed by atoms with Gasteiger partial charge in [0, 0.05) is 7.05 Å². The molecule has 39 valence electrons. The molecule has 2 nitrogen and oxygen atoms in total. The number of nitrogens with zero attached hydrogens (tertiary/aromatic N) is 1. The third kappa shape index (κ3) is 0.933. The highest BCUT2D eigenvalue weighted by molar-refractivity contribution is 5.07. The van der Waals surface area contributed by atoms with Gasteiger partial charge in [0.15, 0.2) is 0 Å². The van der Waals surface area contributed by atoms with Crippen molar-refractivity contribution in [2.75, 3.05) is 7.05 Å². The van der Waals surface area contributed by atoms with Gasteiger partial charge in [0.1, 0.15) is 6.26 Å². The van der Waals surface area contributed by atoms with Crippen LogP contribution in [0, 0.1) is 6.54 Å². The summed E-state index contributed by atoms with van der Waals surface area (Å²) in [5.41, 5.74) is 1.16. The Morgan fingerprint density at radius 1 is 1.71 bits per heavy atom. The first-order valence-electron chi connectivity index (χ1n) is 2.20. The Balaban J connectivity index is 2.42. The van der Waals surface area contributed by atoms with Crippen LogP contribution in [0.3, 0.4) is 0 Å². The minimum absolute atomic E-state index is 1.16. The topological polar surface area (TPSA) is 12.5 Å². The van der Waals surface area contributed by atoms with Gasteiger partial charge in [-0.25, -0.2) is 0 Å². The van der Waals surface area contributed by atoms with Crippen LogP contribution in [0.25, 0.3) is 0 Å². The molecular weight excluding hydrogens is 90.1 g/mol. The molecule has 0 unspecified atom stereocenters. The van der Waals surface area contributed by atoms with Crippen LogP contribution in [0.4, 0.5) is 0 Å². The molecule has 0 aromatic heterocycles. The lowest BCUT2D eigenvalue weighted by atomic mass is 10.4. The van der Waals surface area contributed by atoms with Crippen LogP contribution in [-0.4, -0.2) is 12.1 Å². The van der Waals surface area contributed by atoms with Crippen molar-refractivity contribution >= 4 is 0 Å². The highest BCUT2D eigenvalue weighted by atomic mass is 16.7. The molecule has 7 heavy (non-hydrogen) atoms. The van der Waals surface area contributed by atoms with Crippen molar-refractivity contribution in [1.29, 1.82) is 0 Å². The summed E-state index contributed by atoms with van der Waals surface area (Å²) in [5.74, 6) is 0. The van der Waals surface area contributed by atoms with E-state index in [1.165, 1.54) is 0 Å². The average molecular weight is 98.1 g/mol. The number of hydrogen-bond acceptors (Lipinski definition) is 2. The second-order valence-corrected chi connectivity index (χ2v) is 1.64. The van der Waals surface area contributed by atoms with Crippen molar-refractivity contribution in [3.05, 3.63) is 18.4 Å². The van der Waals surface area contributed by atoms with Crippen LogP contribution >= 0.6 is 0 Å². The molecular formula is C5H8NO. The predicted octanol–water partition coefficient (Wildman–Crippen LogP) is 0.929. The van der Waals surface area contributed by atoms with Crippen molar-refractivity contribution in [2.24, 2.45) is 0 Å². The lowest BCUT2D eigenvalue weighted by Crippen LogP contribution is -2.05. The molecule has 1 radical (unpaired) electrons. The minimum atomic E-state index is 1.16. The fourth-order valence-electron chi connectivity index (χ4n) is 0.514. The zero-order valence-corrected chi connectivity index (χ0v) is 4.51. The van der Waals surface area contributed by atoms with Crippen molar-refractivity contribution in [2.45, 2.75) is 6.92 Å². The molecule has 0 amide bonds. The summed E-state index contributed by atoms with van der Waals surface area (Å²) < 4.78 is 0. The monoisotopic (exact) mass is 98.1 g/mol. The van der Waals surface area contributed by atoms with Crippen LogP contribution < -0.4 is 0 Å². The van der Waals surface area contributed by atoms with Crippen LogP contribution in [0.1, 0.15) is 6.92 Å². The maximum absolute atomic E-state index is 4.88. The molecule has 0 aromatic rings. The van der Waals surface area contributed by atoms with E-state index in [0.29, 0.717) is 0 Å². The third-order valence-electron chi connectivity index (χ3n) is 0.790. The molecule has 0 aromatic carbocycles. The fourth-order valence-corrected chi connectivity index (χ4v) is 0.514. The lowest BCUT2D eigenvalue weighted by molar-refractivity contribution is -0.0287. The maximum atomic E-state index is 4.88. The normalized spacial score (nSPS) is 21.7. The van der Waals surface area contributed by atoms with E-state index in [-0.39, 0.29) is 0 Å². The van der Waals surface area contributed by atoms with Crippen molar-refractivity contribution in [3.8, 4) is 0 Å². The Labute approximate surface area is 43.3 Å². The van der Waals surface area contributed by atoms with E-state index < -0.39 is 0 Å². The molecule has 0 saturated carbocycles. The van der Waals surface area contributed by atoms with E-state index in [1.807, 2.05) is 20.5 Å². The fraction of sp³-hybridized carbons (Fsp3) is 0.400. The van der Waals surface area contributed by atoms with E-state index in [1.54, 1.807) is 11.3 Å². The van der Waals surface area contributed by atoms with Gasteiger partial charge in [0.2, 0.25) is 0 Å². The van der Waals surface area contributed by atoms with E-state index in [4.69, 9.17) is 4.84 Å². The molecule has 0 N–H and O–H groups in total. The van der Waals surface area contributed by atoms with Gasteiger partial charge in [-0.3, -0.25) is 0 Å². The van der Waals surface area contributed by atoms with Crippen LogP contribution in [0.15, 0.2) is 11.8 Å². The van der Waals surface area contributed by atoms with Crippen LogP contribution in [0.5, 0.6) is 0 Å². The van der Waals surface area contributed by atoms with Crippen LogP contribution in [-0.2, 0) is 4.84 Å². The number of hydroxylamine groups is 2. The Morgan fingerprint density at radius 2 is 2.43 bits per heavy atom. The molecule has 1 rings (SSSR count). The molecule has 1 aliphatic heterocycles. The highest BCUT2D eigenvalue weighted by Crippen LogP contribution is 2.10. The molecule has 0 bridgehead atoms. The smallest absolute Gasteiger partial charge is 0.112 e. The molecule has 0 spiro atoms. The van der Waals surface area contributed by atoms with Crippen molar-refractivity contribution in [3.63, 3.8) is 0 Å². The zero-order valence-electron chi connectivity index (χ0n) is 4.51. The van der Waals surface area contributed by atoms with E-state index in [0.717, 1.165) is 5.57 Å². The Hall–Kier alpha value is -0.500. The second kappa shape index (κ2) is 1.54. The first-order chi connectivity index (χ1) is 3.29. The summed E-state index contributed by atoms with van der Waals surface area (Å²) in [7, 11) is 1.85. The maximum Gasteiger partial charge on any atom is 0.112 e. The van der Waals surface area contributed by atoms with E-state index >= 15 is 0 Å². The first kappa shape index (κ1) is 4.65. The summed E-state index contributed by atoms with van der Waals surface area (Å²) in [4.78, 5) is 4.88. The Morgan fingerprint density at radius 3 is 2.57 bits per heavy atom. The molecule has 0 saturated heterocycles. The second-order valence-electron chi connectivity index (χ2n) is 1.64. The molecule has 0 fully saturated rings. The Bertz CT molecular complexity index is 98.3. The first-order valence-corrected chi connectivity index (χ1v) is 2.20. The summed E-state index contributed by atoms with van der Waals surface area (Å²) in [5, 5.41) is 1.66. The highest BCUT2D eigenvalue weighted by Gasteiger charge is 2.05. The van der Waals surface area contributed by atoms with Gasteiger partial charge in [0.05, 0.1) is 6.54 Å². The van der Waals surface area contributed by atoms with E-state index in [2.05, 4.69) is 0 Å². The van der Waals surface area contributed by atoms with Gasteiger partial charge in [-0.1, -0.05) is 0 Å². The van der Waals surface area contributed by atoms with E-state index in [9.17, 15) is 0 Å². The largest absolute Gasteiger partial charge is 0.413 e. The quantitative estimate of drug-likeness (QED) is 0.447. The SMILES string of the molecule is CC1=CON(C)[CH]1. The molecule has 0 aliphatic carbocycles. The van der Waals surface area contributed by atoms with Gasteiger partial charge >= 0.3 is 0 Å².